The second-order valence-electron chi connectivity index (χ2n) is 8.08. The molecule has 178 valence electrons. The van der Waals surface area contributed by atoms with Gasteiger partial charge in [0.15, 0.2) is 24.6 Å². The van der Waals surface area contributed by atoms with E-state index in [0.29, 0.717) is 16.7 Å². The third-order valence-electron chi connectivity index (χ3n) is 5.77. The molecule has 0 aliphatic carbocycles. The molecule has 3 aromatic carbocycles. The number of rotatable bonds is 6. The standard InChI is InChI=1S/C27H22O8/c28-24(17-10-4-1-5-11-17)32-20-16-31-27-23(34-26(30)19-14-8-3-9-15-19)22(21(20)35-27)33-25(29)18-12-6-2-7-13-18/h1-15,20-23,27H,16H2/t20-,21-,22+,23+,27+/m1/s1. The summed E-state index contributed by atoms with van der Waals surface area (Å²) in [6.07, 6.45) is -4.86. The Balaban J connectivity index is 1.38. The summed E-state index contributed by atoms with van der Waals surface area (Å²) < 4.78 is 28.7. The second-order valence-corrected chi connectivity index (χ2v) is 8.08. The smallest absolute Gasteiger partial charge is 0.338 e. The molecule has 3 aromatic rings. The number of hydrogen-bond acceptors (Lipinski definition) is 8. The molecule has 5 rings (SSSR count). The van der Waals surface area contributed by atoms with Crippen LogP contribution < -0.4 is 0 Å². The molecule has 8 heteroatoms. The van der Waals surface area contributed by atoms with Gasteiger partial charge >= 0.3 is 17.9 Å². The number of fused-ring (bicyclic) bond motifs is 2. The van der Waals surface area contributed by atoms with Gasteiger partial charge in [0, 0.05) is 0 Å². The summed E-state index contributed by atoms with van der Waals surface area (Å²) in [4.78, 5) is 38.3. The zero-order chi connectivity index (χ0) is 24.2. The average Bonchev–Trinajstić information content (AvgIpc) is 3.18. The largest absolute Gasteiger partial charge is 0.453 e. The molecule has 0 saturated carbocycles. The van der Waals surface area contributed by atoms with Gasteiger partial charge < -0.3 is 23.7 Å². The molecule has 0 unspecified atom stereocenters. The zero-order valence-corrected chi connectivity index (χ0v) is 18.5. The molecule has 0 radical (unpaired) electrons. The van der Waals surface area contributed by atoms with Crippen LogP contribution in [0.3, 0.4) is 0 Å². The molecule has 0 spiro atoms. The molecule has 2 fully saturated rings. The molecule has 0 N–H and O–H groups in total. The van der Waals surface area contributed by atoms with Gasteiger partial charge in [0.05, 0.1) is 23.3 Å². The molecule has 5 atom stereocenters. The Morgan fingerprint density at radius 3 is 1.51 bits per heavy atom. The van der Waals surface area contributed by atoms with Gasteiger partial charge in [-0.2, -0.15) is 0 Å². The van der Waals surface area contributed by atoms with E-state index in [-0.39, 0.29) is 6.61 Å². The molecule has 0 amide bonds. The Labute approximate surface area is 201 Å². The minimum Gasteiger partial charge on any atom is -0.453 e. The molecular weight excluding hydrogens is 452 g/mol. The summed E-state index contributed by atoms with van der Waals surface area (Å²) >= 11 is 0. The van der Waals surface area contributed by atoms with Crippen molar-refractivity contribution in [2.45, 2.75) is 30.7 Å². The molecule has 0 aromatic heterocycles. The molecule has 2 aliphatic rings. The highest BCUT2D eigenvalue weighted by atomic mass is 16.8. The summed E-state index contributed by atoms with van der Waals surface area (Å²) in [6, 6.07) is 25.3. The molecule has 2 aliphatic heterocycles. The first-order valence-corrected chi connectivity index (χ1v) is 11.2. The number of esters is 3. The lowest BCUT2D eigenvalue weighted by Gasteiger charge is -2.29. The van der Waals surface area contributed by atoms with Gasteiger partial charge in [0.2, 0.25) is 0 Å². The maximum Gasteiger partial charge on any atom is 0.338 e. The highest BCUT2D eigenvalue weighted by Gasteiger charge is 2.57. The predicted molar refractivity (Wildman–Crippen MR) is 122 cm³/mol. The van der Waals surface area contributed by atoms with Gasteiger partial charge in [-0.25, -0.2) is 14.4 Å². The van der Waals surface area contributed by atoms with Crippen LogP contribution in [0.1, 0.15) is 31.1 Å². The van der Waals surface area contributed by atoms with Crippen LogP contribution in [0, 0.1) is 0 Å². The topological polar surface area (TPSA) is 97.4 Å². The van der Waals surface area contributed by atoms with Crippen molar-refractivity contribution in [3.05, 3.63) is 108 Å². The summed E-state index contributed by atoms with van der Waals surface area (Å²) in [7, 11) is 0. The van der Waals surface area contributed by atoms with Crippen LogP contribution in [0.15, 0.2) is 91.0 Å². The van der Waals surface area contributed by atoms with Crippen molar-refractivity contribution >= 4 is 17.9 Å². The number of benzene rings is 3. The van der Waals surface area contributed by atoms with E-state index in [9.17, 15) is 14.4 Å². The van der Waals surface area contributed by atoms with Crippen LogP contribution in [-0.2, 0) is 23.7 Å². The quantitative estimate of drug-likeness (QED) is 0.396. The van der Waals surface area contributed by atoms with E-state index < -0.39 is 48.6 Å². The Kier molecular flexibility index (Phi) is 6.56. The van der Waals surface area contributed by atoms with E-state index in [1.165, 1.54) is 0 Å². The van der Waals surface area contributed by atoms with E-state index in [4.69, 9.17) is 23.7 Å². The summed E-state index contributed by atoms with van der Waals surface area (Å²) in [5.41, 5.74) is 1.01. The highest BCUT2D eigenvalue weighted by Crippen LogP contribution is 2.36. The minimum atomic E-state index is -1.06. The highest BCUT2D eigenvalue weighted by molar-refractivity contribution is 5.91. The van der Waals surface area contributed by atoms with E-state index in [1.807, 2.05) is 0 Å². The van der Waals surface area contributed by atoms with E-state index >= 15 is 0 Å². The third kappa shape index (κ3) is 4.94. The summed E-state index contributed by atoms with van der Waals surface area (Å²) in [5, 5.41) is 0. The predicted octanol–water partition coefficient (Wildman–Crippen LogP) is 3.42. The van der Waals surface area contributed by atoms with Crippen molar-refractivity contribution in [3.8, 4) is 0 Å². The fourth-order valence-corrected chi connectivity index (χ4v) is 4.04. The normalized spacial score (nSPS) is 24.9. The molecular formula is C27H22O8. The van der Waals surface area contributed by atoms with Crippen molar-refractivity contribution < 1.29 is 38.1 Å². The van der Waals surface area contributed by atoms with E-state index in [0.717, 1.165) is 0 Å². The van der Waals surface area contributed by atoms with Crippen LogP contribution >= 0.6 is 0 Å². The second kappa shape index (κ2) is 10.1. The van der Waals surface area contributed by atoms with E-state index in [1.54, 1.807) is 91.0 Å². The lowest BCUT2D eigenvalue weighted by molar-refractivity contribution is -0.233. The maximum absolute atomic E-state index is 12.9. The number of carbonyl (C=O) groups is 3. The van der Waals surface area contributed by atoms with Gasteiger partial charge in [0.1, 0.15) is 6.10 Å². The maximum atomic E-state index is 12.9. The zero-order valence-electron chi connectivity index (χ0n) is 18.5. The van der Waals surface area contributed by atoms with Gasteiger partial charge in [-0.1, -0.05) is 54.6 Å². The number of ether oxygens (including phenoxy) is 5. The first kappa shape index (κ1) is 22.8. The van der Waals surface area contributed by atoms with Crippen LogP contribution in [0.4, 0.5) is 0 Å². The van der Waals surface area contributed by atoms with Crippen LogP contribution in [0.5, 0.6) is 0 Å². The van der Waals surface area contributed by atoms with Gasteiger partial charge in [-0.3, -0.25) is 0 Å². The number of hydrogen-bond donors (Lipinski definition) is 0. The Bertz CT molecular complexity index is 1180. The Hall–Kier alpha value is -4.01. The van der Waals surface area contributed by atoms with Crippen molar-refractivity contribution in [2.24, 2.45) is 0 Å². The van der Waals surface area contributed by atoms with Crippen LogP contribution in [-0.4, -0.2) is 55.2 Å². The molecule has 2 saturated heterocycles. The minimum absolute atomic E-state index is 0.00726. The molecule has 2 heterocycles. The van der Waals surface area contributed by atoms with E-state index in [2.05, 4.69) is 0 Å². The monoisotopic (exact) mass is 474 g/mol. The van der Waals surface area contributed by atoms with Crippen molar-refractivity contribution in [3.63, 3.8) is 0 Å². The Morgan fingerprint density at radius 2 is 1.03 bits per heavy atom. The van der Waals surface area contributed by atoms with Gasteiger partial charge in [-0.05, 0) is 36.4 Å². The molecule has 2 bridgehead atoms. The number of carbonyl (C=O) groups excluding carboxylic acids is 3. The lowest BCUT2D eigenvalue weighted by Crippen LogP contribution is -2.46. The third-order valence-corrected chi connectivity index (χ3v) is 5.77. The molecule has 35 heavy (non-hydrogen) atoms. The van der Waals surface area contributed by atoms with Gasteiger partial charge in [-0.15, -0.1) is 0 Å². The first-order valence-electron chi connectivity index (χ1n) is 11.2. The Morgan fingerprint density at radius 1 is 0.600 bits per heavy atom. The summed E-state index contributed by atoms with van der Waals surface area (Å²) in [5.74, 6) is -1.81. The average molecular weight is 474 g/mol. The molecule has 8 nitrogen and oxygen atoms in total. The van der Waals surface area contributed by atoms with Crippen LogP contribution in [0.25, 0.3) is 0 Å². The SMILES string of the molecule is O=C(O[C@@H]1[C@H](OC(=O)c2ccccc2)[C@H]2OC[C@@H](OC(=O)c3ccccc3)[C@H]1O2)c1ccccc1. The van der Waals surface area contributed by atoms with Gasteiger partial charge in [0.25, 0.3) is 0 Å². The summed E-state index contributed by atoms with van der Waals surface area (Å²) in [6.45, 7) is -0.00726. The van der Waals surface area contributed by atoms with Crippen molar-refractivity contribution in [1.29, 1.82) is 0 Å². The first-order chi connectivity index (χ1) is 17.1. The fourth-order valence-electron chi connectivity index (χ4n) is 4.04. The fraction of sp³-hybridized carbons (Fsp3) is 0.222. The van der Waals surface area contributed by atoms with Crippen molar-refractivity contribution in [2.75, 3.05) is 6.61 Å². The lowest BCUT2D eigenvalue weighted by atomic mass is 10.1. The van der Waals surface area contributed by atoms with Crippen LogP contribution in [0.2, 0.25) is 0 Å². The van der Waals surface area contributed by atoms with Crippen molar-refractivity contribution in [1.82, 2.24) is 0 Å².